The van der Waals surface area contributed by atoms with Gasteiger partial charge in [-0.25, -0.2) is 9.67 Å². The van der Waals surface area contributed by atoms with Gasteiger partial charge in [-0.3, -0.25) is 9.69 Å². The van der Waals surface area contributed by atoms with Gasteiger partial charge in [0.15, 0.2) is 5.65 Å². The van der Waals surface area contributed by atoms with Crippen LogP contribution in [0.1, 0.15) is 31.5 Å². The van der Waals surface area contributed by atoms with Gasteiger partial charge < -0.3 is 4.98 Å². The Bertz CT molecular complexity index is 908. The summed E-state index contributed by atoms with van der Waals surface area (Å²) in [6.45, 7) is 1.70. The Hall–Kier alpha value is -2.47. The lowest BCUT2D eigenvalue weighted by atomic mass is 10.1. The molecule has 6 nitrogen and oxygen atoms in total. The smallest absolute Gasteiger partial charge is 0.262 e. The average molecular weight is 337 g/mol. The summed E-state index contributed by atoms with van der Waals surface area (Å²) in [5.74, 6) is 1.46. The maximum Gasteiger partial charge on any atom is 0.262 e. The van der Waals surface area contributed by atoms with Crippen LogP contribution in [0.25, 0.3) is 16.7 Å². The summed E-state index contributed by atoms with van der Waals surface area (Å²) in [6.07, 6.45) is 6.90. The van der Waals surface area contributed by atoms with Crippen LogP contribution in [0.15, 0.2) is 41.3 Å². The van der Waals surface area contributed by atoms with Crippen molar-refractivity contribution in [2.75, 3.05) is 13.6 Å². The van der Waals surface area contributed by atoms with Crippen LogP contribution in [0.2, 0.25) is 0 Å². The highest BCUT2D eigenvalue weighted by Gasteiger charge is 2.18. The van der Waals surface area contributed by atoms with Crippen LogP contribution in [0.4, 0.5) is 0 Å². The second-order valence-corrected chi connectivity index (χ2v) is 6.99. The highest BCUT2D eigenvalue weighted by Crippen LogP contribution is 2.25. The molecular formula is C19H23N5O. The van der Waals surface area contributed by atoms with Crippen molar-refractivity contribution >= 4 is 11.0 Å². The molecule has 3 aromatic rings. The lowest BCUT2D eigenvalue weighted by molar-refractivity contribution is 0.265. The largest absolute Gasteiger partial charge is 0.309 e. The first kappa shape index (κ1) is 16.0. The second-order valence-electron chi connectivity index (χ2n) is 6.99. The molecule has 0 bridgehead atoms. The number of rotatable bonds is 5. The van der Waals surface area contributed by atoms with Crippen molar-refractivity contribution in [3.05, 3.63) is 52.7 Å². The minimum absolute atomic E-state index is 0.128. The number of nitrogens with one attached hydrogen (secondary N) is 1. The Morgan fingerprint density at radius 3 is 2.76 bits per heavy atom. The third-order valence-electron chi connectivity index (χ3n) is 4.95. The molecule has 0 saturated heterocycles. The summed E-state index contributed by atoms with van der Waals surface area (Å²) in [7, 11) is 2.09. The molecular weight excluding hydrogens is 314 g/mol. The maximum atomic E-state index is 12.4. The first-order valence-corrected chi connectivity index (χ1v) is 8.91. The van der Waals surface area contributed by atoms with E-state index in [1.54, 1.807) is 10.9 Å². The highest BCUT2D eigenvalue weighted by molar-refractivity contribution is 5.75. The van der Waals surface area contributed by atoms with Crippen molar-refractivity contribution < 1.29 is 0 Å². The van der Waals surface area contributed by atoms with Gasteiger partial charge in [-0.2, -0.15) is 5.10 Å². The van der Waals surface area contributed by atoms with E-state index in [0.717, 1.165) is 18.2 Å². The molecule has 0 aliphatic heterocycles. The number of benzene rings is 1. The van der Waals surface area contributed by atoms with Crippen molar-refractivity contribution in [1.82, 2.24) is 24.6 Å². The molecule has 2 aromatic heterocycles. The molecule has 25 heavy (non-hydrogen) atoms. The predicted octanol–water partition coefficient (Wildman–Crippen LogP) is 2.73. The zero-order valence-corrected chi connectivity index (χ0v) is 14.5. The molecule has 1 aliphatic carbocycles. The van der Waals surface area contributed by atoms with Crippen LogP contribution in [0, 0.1) is 5.92 Å². The fraction of sp³-hybridized carbons (Fsp3) is 0.421. The molecule has 1 N–H and O–H groups in total. The van der Waals surface area contributed by atoms with Crippen LogP contribution >= 0.6 is 0 Å². The van der Waals surface area contributed by atoms with Crippen molar-refractivity contribution in [2.24, 2.45) is 5.92 Å². The summed E-state index contributed by atoms with van der Waals surface area (Å²) in [6, 6.07) is 9.78. The van der Waals surface area contributed by atoms with E-state index in [1.165, 1.54) is 25.7 Å². The van der Waals surface area contributed by atoms with Gasteiger partial charge in [-0.1, -0.05) is 31.0 Å². The summed E-state index contributed by atoms with van der Waals surface area (Å²) >= 11 is 0. The normalized spacial score (nSPS) is 15.4. The van der Waals surface area contributed by atoms with Crippen LogP contribution in [-0.2, 0) is 6.54 Å². The minimum atomic E-state index is -0.128. The molecule has 1 fully saturated rings. The molecule has 0 radical (unpaired) electrons. The summed E-state index contributed by atoms with van der Waals surface area (Å²) in [4.78, 5) is 22.3. The number of H-pyrrole nitrogens is 1. The molecule has 2 heterocycles. The van der Waals surface area contributed by atoms with Gasteiger partial charge in [0.1, 0.15) is 11.2 Å². The first-order valence-electron chi connectivity index (χ1n) is 8.91. The molecule has 4 rings (SSSR count). The fourth-order valence-corrected chi connectivity index (χ4v) is 3.75. The minimum Gasteiger partial charge on any atom is -0.309 e. The SMILES string of the molecule is CN(Cc1nc2c(cnn2-c2ccccc2)c(=O)[nH]1)CC1CCCC1. The quantitative estimate of drug-likeness (QED) is 0.777. The molecule has 0 amide bonds. The van der Waals surface area contributed by atoms with Crippen molar-refractivity contribution in [3.63, 3.8) is 0 Å². The topological polar surface area (TPSA) is 66.8 Å². The van der Waals surface area contributed by atoms with E-state index in [9.17, 15) is 4.79 Å². The van der Waals surface area contributed by atoms with Gasteiger partial charge in [-0.15, -0.1) is 0 Å². The van der Waals surface area contributed by atoms with E-state index in [2.05, 4.69) is 22.0 Å². The number of fused-ring (bicyclic) bond motifs is 1. The Morgan fingerprint density at radius 2 is 2.00 bits per heavy atom. The summed E-state index contributed by atoms with van der Waals surface area (Å²) < 4.78 is 1.73. The Balaban J connectivity index is 1.62. The Morgan fingerprint density at radius 1 is 1.24 bits per heavy atom. The molecule has 6 heteroatoms. The van der Waals surface area contributed by atoms with E-state index in [-0.39, 0.29) is 5.56 Å². The molecule has 0 spiro atoms. The molecule has 1 saturated carbocycles. The maximum absolute atomic E-state index is 12.4. The zero-order chi connectivity index (χ0) is 17.2. The standard InChI is InChI=1S/C19H23N5O/c1-23(12-14-7-5-6-8-14)13-17-21-18-16(19(25)22-17)11-20-24(18)15-9-3-2-4-10-15/h2-4,9-11,14H,5-8,12-13H2,1H3,(H,21,22,25). The second kappa shape index (κ2) is 6.80. The lowest BCUT2D eigenvalue weighted by Gasteiger charge is -2.20. The van der Waals surface area contributed by atoms with Gasteiger partial charge in [-0.05, 0) is 37.9 Å². The van der Waals surface area contributed by atoms with E-state index in [0.29, 0.717) is 23.4 Å². The van der Waals surface area contributed by atoms with E-state index in [4.69, 9.17) is 4.98 Å². The summed E-state index contributed by atoms with van der Waals surface area (Å²) in [5.41, 5.74) is 1.39. The van der Waals surface area contributed by atoms with Gasteiger partial charge in [0.05, 0.1) is 18.4 Å². The number of hydrogen-bond donors (Lipinski definition) is 1. The first-order chi connectivity index (χ1) is 12.2. The van der Waals surface area contributed by atoms with Crippen molar-refractivity contribution in [1.29, 1.82) is 0 Å². The number of nitrogens with zero attached hydrogens (tertiary/aromatic N) is 4. The molecule has 130 valence electrons. The molecule has 1 aromatic carbocycles. The van der Waals surface area contributed by atoms with E-state index >= 15 is 0 Å². The third kappa shape index (κ3) is 3.35. The summed E-state index contributed by atoms with van der Waals surface area (Å²) in [5, 5.41) is 4.87. The molecule has 0 atom stereocenters. The van der Waals surface area contributed by atoms with Crippen molar-refractivity contribution in [3.8, 4) is 5.69 Å². The van der Waals surface area contributed by atoms with E-state index < -0.39 is 0 Å². The van der Waals surface area contributed by atoms with Gasteiger partial charge in [0, 0.05) is 6.54 Å². The fourth-order valence-electron chi connectivity index (χ4n) is 3.75. The van der Waals surface area contributed by atoms with Crippen LogP contribution in [0.3, 0.4) is 0 Å². The lowest BCUT2D eigenvalue weighted by Crippen LogP contribution is -2.26. The van der Waals surface area contributed by atoms with Crippen LogP contribution < -0.4 is 5.56 Å². The Kier molecular flexibility index (Phi) is 4.36. The number of hydrogen-bond acceptors (Lipinski definition) is 4. The predicted molar refractivity (Wildman–Crippen MR) is 97.8 cm³/mol. The van der Waals surface area contributed by atoms with Crippen LogP contribution in [0.5, 0.6) is 0 Å². The van der Waals surface area contributed by atoms with Gasteiger partial charge >= 0.3 is 0 Å². The van der Waals surface area contributed by atoms with Crippen LogP contribution in [-0.4, -0.2) is 38.2 Å². The monoisotopic (exact) mass is 337 g/mol. The number of para-hydroxylation sites is 1. The number of aromatic nitrogens is 4. The van der Waals surface area contributed by atoms with Gasteiger partial charge in [0.2, 0.25) is 0 Å². The van der Waals surface area contributed by atoms with Crippen molar-refractivity contribution in [2.45, 2.75) is 32.2 Å². The highest BCUT2D eigenvalue weighted by atomic mass is 16.1. The third-order valence-corrected chi connectivity index (χ3v) is 4.95. The van der Waals surface area contributed by atoms with Gasteiger partial charge in [0.25, 0.3) is 5.56 Å². The average Bonchev–Trinajstić information content (AvgIpc) is 3.25. The zero-order valence-electron chi connectivity index (χ0n) is 14.5. The van der Waals surface area contributed by atoms with E-state index in [1.807, 2.05) is 30.3 Å². The molecule has 0 unspecified atom stereocenters. The number of aromatic amines is 1. The Labute approximate surface area is 146 Å². The molecule has 1 aliphatic rings.